The molecule has 0 bridgehead atoms. The molecule has 1 aromatic carbocycles. The summed E-state index contributed by atoms with van der Waals surface area (Å²) >= 11 is 0. The van der Waals surface area contributed by atoms with Crippen LogP contribution in [-0.2, 0) is 14.8 Å². The molecule has 1 aliphatic rings. The average molecular weight is 311 g/mol. The Bertz CT molecular complexity index is 622. The maximum Gasteiger partial charge on any atom is 0.240 e. The lowest BCUT2D eigenvalue weighted by molar-refractivity contribution is -0.116. The van der Waals surface area contributed by atoms with E-state index in [9.17, 15) is 13.2 Å². The molecule has 1 unspecified atom stereocenters. The Hall–Kier alpha value is -1.44. The zero-order valence-electron chi connectivity index (χ0n) is 12.3. The number of rotatable bonds is 5. The number of nitrogens with one attached hydrogen (secondary N) is 3. The highest BCUT2D eigenvalue weighted by Crippen LogP contribution is 2.23. The third kappa shape index (κ3) is 3.81. The van der Waals surface area contributed by atoms with E-state index in [-0.39, 0.29) is 16.8 Å². The first-order valence-electron chi connectivity index (χ1n) is 7.00. The fourth-order valence-corrected chi connectivity index (χ4v) is 3.50. The molecule has 1 amide bonds. The topological polar surface area (TPSA) is 87.3 Å². The molecule has 1 aliphatic heterocycles. The van der Waals surface area contributed by atoms with Gasteiger partial charge in [-0.2, -0.15) is 0 Å². The summed E-state index contributed by atoms with van der Waals surface area (Å²) in [6.07, 6.45) is 2.50. The molecule has 0 aromatic heterocycles. The third-order valence-corrected chi connectivity index (χ3v) is 5.27. The monoisotopic (exact) mass is 311 g/mol. The molecule has 1 saturated heterocycles. The molecule has 0 spiro atoms. The van der Waals surface area contributed by atoms with E-state index in [4.69, 9.17) is 0 Å². The highest BCUT2D eigenvalue weighted by atomic mass is 32.2. The van der Waals surface area contributed by atoms with Crippen molar-refractivity contribution in [3.63, 3.8) is 0 Å². The summed E-state index contributed by atoms with van der Waals surface area (Å²) in [4.78, 5) is 12.2. The van der Waals surface area contributed by atoms with Crippen molar-refractivity contribution in [2.24, 2.45) is 0 Å². The molecule has 1 heterocycles. The molecule has 21 heavy (non-hydrogen) atoms. The van der Waals surface area contributed by atoms with Gasteiger partial charge in [0.2, 0.25) is 15.9 Å². The maximum atomic E-state index is 12.0. The SMILES string of the molecule is CNS(=O)(=O)c1cccc(NC(=O)CC2CCCN2)c1C. The van der Waals surface area contributed by atoms with E-state index >= 15 is 0 Å². The van der Waals surface area contributed by atoms with E-state index in [2.05, 4.69) is 15.4 Å². The number of carbonyl (C=O) groups is 1. The van der Waals surface area contributed by atoms with E-state index in [0.717, 1.165) is 19.4 Å². The number of hydrogen-bond donors (Lipinski definition) is 3. The summed E-state index contributed by atoms with van der Waals surface area (Å²) < 4.78 is 26.1. The lowest BCUT2D eigenvalue weighted by atomic mass is 10.1. The van der Waals surface area contributed by atoms with Gasteiger partial charge in [0.15, 0.2) is 0 Å². The van der Waals surface area contributed by atoms with Crippen molar-refractivity contribution in [3.8, 4) is 0 Å². The van der Waals surface area contributed by atoms with Crippen molar-refractivity contribution in [2.75, 3.05) is 18.9 Å². The molecule has 7 heteroatoms. The predicted octanol–water partition coefficient (Wildman–Crippen LogP) is 0.984. The van der Waals surface area contributed by atoms with Crippen LogP contribution in [0.15, 0.2) is 23.1 Å². The van der Waals surface area contributed by atoms with Crippen molar-refractivity contribution >= 4 is 21.6 Å². The van der Waals surface area contributed by atoms with Gasteiger partial charge in [0, 0.05) is 18.2 Å². The molecule has 1 atom stereocenters. The Morgan fingerprint density at radius 3 is 2.81 bits per heavy atom. The van der Waals surface area contributed by atoms with Crippen molar-refractivity contribution in [2.45, 2.75) is 37.1 Å². The molecular weight excluding hydrogens is 290 g/mol. The van der Waals surface area contributed by atoms with Gasteiger partial charge < -0.3 is 10.6 Å². The van der Waals surface area contributed by atoms with Crippen LogP contribution >= 0.6 is 0 Å². The second-order valence-electron chi connectivity index (χ2n) is 5.18. The lowest BCUT2D eigenvalue weighted by Gasteiger charge is -2.14. The number of anilines is 1. The van der Waals surface area contributed by atoms with Gasteiger partial charge in [-0.25, -0.2) is 13.1 Å². The molecule has 6 nitrogen and oxygen atoms in total. The maximum absolute atomic E-state index is 12.0. The quantitative estimate of drug-likeness (QED) is 0.756. The molecule has 0 radical (unpaired) electrons. The Balaban J connectivity index is 2.13. The lowest BCUT2D eigenvalue weighted by Crippen LogP contribution is -2.28. The van der Waals surface area contributed by atoms with Crippen LogP contribution in [0.2, 0.25) is 0 Å². The van der Waals surface area contributed by atoms with Gasteiger partial charge in [-0.3, -0.25) is 4.79 Å². The molecular formula is C14H21N3O3S. The Kier molecular flexibility index (Phi) is 4.97. The third-order valence-electron chi connectivity index (χ3n) is 3.71. The first-order valence-corrected chi connectivity index (χ1v) is 8.49. The first kappa shape index (κ1) is 15.9. The summed E-state index contributed by atoms with van der Waals surface area (Å²) in [6, 6.07) is 5.08. The van der Waals surface area contributed by atoms with Crippen LogP contribution in [0.4, 0.5) is 5.69 Å². The van der Waals surface area contributed by atoms with E-state index < -0.39 is 10.0 Å². The average Bonchev–Trinajstić information content (AvgIpc) is 2.93. The van der Waals surface area contributed by atoms with Gasteiger partial charge in [0.25, 0.3) is 0 Å². The van der Waals surface area contributed by atoms with Crippen molar-refractivity contribution < 1.29 is 13.2 Å². The molecule has 116 valence electrons. The highest BCUT2D eigenvalue weighted by Gasteiger charge is 2.20. The normalized spacial score (nSPS) is 18.7. The highest BCUT2D eigenvalue weighted by molar-refractivity contribution is 7.89. The number of carbonyl (C=O) groups excluding carboxylic acids is 1. The van der Waals surface area contributed by atoms with Crippen molar-refractivity contribution in [1.29, 1.82) is 0 Å². The molecule has 0 saturated carbocycles. The molecule has 0 aliphatic carbocycles. The molecule has 1 fully saturated rings. The summed E-state index contributed by atoms with van der Waals surface area (Å²) in [5.41, 5.74) is 1.08. The summed E-state index contributed by atoms with van der Waals surface area (Å²) in [6.45, 7) is 2.64. The molecule has 3 N–H and O–H groups in total. The van der Waals surface area contributed by atoms with Crippen LogP contribution in [0, 0.1) is 6.92 Å². The molecule has 2 rings (SSSR count). The Morgan fingerprint density at radius 1 is 1.43 bits per heavy atom. The van der Waals surface area contributed by atoms with Crippen LogP contribution < -0.4 is 15.4 Å². The number of benzene rings is 1. The van der Waals surface area contributed by atoms with Crippen LogP contribution in [0.1, 0.15) is 24.8 Å². The zero-order valence-corrected chi connectivity index (χ0v) is 13.1. The van der Waals surface area contributed by atoms with Crippen LogP contribution in [-0.4, -0.2) is 34.0 Å². The van der Waals surface area contributed by atoms with E-state index in [1.807, 2.05) is 0 Å². The van der Waals surface area contributed by atoms with Gasteiger partial charge >= 0.3 is 0 Å². The number of sulfonamides is 1. The van der Waals surface area contributed by atoms with E-state index in [1.165, 1.54) is 13.1 Å². The second kappa shape index (κ2) is 6.55. The summed E-state index contributed by atoms with van der Waals surface area (Å²) in [5.74, 6) is -0.100. The van der Waals surface area contributed by atoms with Gasteiger partial charge in [-0.15, -0.1) is 0 Å². The second-order valence-corrected chi connectivity index (χ2v) is 7.04. The Labute approximate surface area is 125 Å². The van der Waals surface area contributed by atoms with Crippen LogP contribution in [0.3, 0.4) is 0 Å². The van der Waals surface area contributed by atoms with Crippen LogP contribution in [0.25, 0.3) is 0 Å². The molecule has 1 aromatic rings. The van der Waals surface area contributed by atoms with Gasteiger partial charge in [-0.1, -0.05) is 6.07 Å². The standard InChI is InChI=1S/C14H21N3O3S/c1-10-12(6-3-7-13(10)21(19,20)15-2)17-14(18)9-11-5-4-8-16-11/h3,6-7,11,15-16H,4-5,8-9H2,1-2H3,(H,17,18). The summed E-state index contributed by atoms with van der Waals surface area (Å²) in [7, 11) is -2.16. The predicted molar refractivity (Wildman–Crippen MR) is 81.7 cm³/mol. The zero-order chi connectivity index (χ0) is 15.5. The van der Waals surface area contributed by atoms with Gasteiger partial charge in [-0.05, 0) is 51.1 Å². The Morgan fingerprint density at radius 2 is 2.19 bits per heavy atom. The van der Waals surface area contributed by atoms with E-state index in [1.54, 1.807) is 19.1 Å². The van der Waals surface area contributed by atoms with Gasteiger partial charge in [0.05, 0.1) is 4.90 Å². The first-order chi connectivity index (χ1) is 9.94. The smallest absolute Gasteiger partial charge is 0.240 e. The number of hydrogen-bond acceptors (Lipinski definition) is 4. The van der Waals surface area contributed by atoms with Crippen LogP contribution in [0.5, 0.6) is 0 Å². The van der Waals surface area contributed by atoms with E-state index in [0.29, 0.717) is 17.7 Å². The fraction of sp³-hybridized carbons (Fsp3) is 0.500. The van der Waals surface area contributed by atoms with Crippen molar-refractivity contribution in [1.82, 2.24) is 10.0 Å². The van der Waals surface area contributed by atoms with Crippen molar-refractivity contribution in [3.05, 3.63) is 23.8 Å². The van der Waals surface area contributed by atoms with Gasteiger partial charge in [0.1, 0.15) is 0 Å². The minimum absolute atomic E-state index is 0.100. The summed E-state index contributed by atoms with van der Waals surface area (Å²) in [5, 5.41) is 6.07. The minimum Gasteiger partial charge on any atom is -0.326 e. The number of amides is 1. The minimum atomic E-state index is -3.52. The fourth-order valence-electron chi connectivity index (χ4n) is 2.51. The largest absolute Gasteiger partial charge is 0.326 e.